The molecule has 0 saturated carbocycles. The van der Waals surface area contributed by atoms with Crippen LogP contribution in [0.4, 0.5) is 15.8 Å². The zero-order chi connectivity index (χ0) is 12.4. The minimum absolute atomic E-state index is 0.0557. The Morgan fingerprint density at radius 1 is 1.59 bits per heavy atom. The van der Waals surface area contributed by atoms with Crippen LogP contribution in [0.15, 0.2) is 18.2 Å². The van der Waals surface area contributed by atoms with Crippen LogP contribution in [0.5, 0.6) is 0 Å². The van der Waals surface area contributed by atoms with E-state index in [-0.39, 0.29) is 24.6 Å². The topological polar surface area (TPSA) is 58.7 Å². The Hall–Kier alpha value is -1.33. The average Bonchev–Trinajstić information content (AvgIpc) is 2.30. The van der Waals surface area contributed by atoms with E-state index in [0.29, 0.717) is 24.5 Å². The molecule has 17 heavy (non-hydrogen) atoms. The van der Waals surface area contributed by atoms with E-state index >= 15 is 0 Å². The van der Waals surface area contributed by atoms with Crippen molar-refractivity contribution in [3.63, 3.8) is 0 Å². The van der Waals surface area contributed by atoms with Crippen LogP contribution in [0.2, 0.25) is 0 Å². The van der Waals surface area contributed by atoms with Gasteiger partial charge in [0.05, 0.1) is 25.0 Å². The number of nitrogen functional groups attached to an aromatic ring is 1. The molecule has 1 fully saturated rings. The molecule has 0 amide bonds. The van der Waals surface area contributed by atoms with Crippen molar-refractivity contribution < 1.29 is 14.2 Å². The molecular weight excluding hydrogens is 223 g/mol. The first-order chi connectivity index (χ1) is 8.11. The second-order valence-electron chi connectivity index (χ2n) is 4.35. The van der Waals surface area contributed by atoms with Crippen LogP contribution in [0.3, 0.4) is 0 Å². The van der Waals surface area contributed by atoms with Gasteiger partial charge in [-0.25, -0.2) is 4.39 Å². The van der Waals surface area contributed by atoms with Gasteiger partial charge in [0, 0.05) is 18.3 Å². The Morgan fingerprint density at radius 3 is 3.00 bits per heavy atom. The summed E-state index contributed by atoms with van der Waals surface area (Å²) in [5.74, 6) is -0.338. The van der Waals surface area contributed by atoms with Crippen molar-refractivity contribution in [2.45, 2.75) is 19.1 Å². The number of hydrogen-bond acceptors (Lipinski definition) is 4. The molecule has 94 valence electrons. The molecule has 0 aliphatic carbocycles. The lowest BCUT2D eigenvalue weighted by Crippen LogP contribution is -2.49. The summed E-state index contributed by atoms with van der Waals surface area (Å²) in [6, 6.07) is 4.73. The van der Waals surface area contributed by atoms with Gasteiger partial charge in [-0.15, -0.1) is 0 Å². The largest absolute Gasteiger partial charge is 0.399 e. The van der Waals surface area contributed by atoms with Gasteiger partial charge in [-0.1, -0.05) is 0 Å². The van der Waals surface area contributed by atoms with E-state index in [1.54, 1.807) is 12.1 Å². The first-order valence-corrected chi connectivity index (χ1v) is 5.66. The second-order valence-corrected chi connectivity index (χ2v) is 4.35. The number of halogens is 1. The Bertz CT molecular complexity index is 400. The number of nitrogens with zero attached hydrogens (tertiary/aromatic N) is 1. The SMILES string of the molecule is CC1COC(CO)CN1c1ccc(N)cc1F. The molecular formula is C12H17FN2O2. The molecule has 3 N–H and O–H groups in total. The average molecular weight is 240 g/mol. The third-order valence-electron chi connectivity index (χ3n) is 2.99. The maximum atomic E-state index is 13.8. The zero-order valence-corrected chi connectivity index (χ0v) is 9.77. The smallest absolute Gasteiger partial charge is 0.148 e. The van der Waals surface area contributed by atoms with E-state index < -0.39 is 0 Å². The molecule has 1 aromatic carbocycles. The number of aliphatic hydroxyl groups excluding tert-OH is 1. The molecule has 4 nitrogen and oxygen atoms in total. The standard InChI is InChI=1S/C12H17FN2O2/c1-8-7-17-10(6-16)5-15(8)12-3-2-9(14)4-11(12)13/h2-4,8,10,16H,5-7,14H2,1H3. The normalized spacial score (nSPS) is 25.0. The molecule has 1 heterocycles. The van der Waals surface area contributed by atoms with E-state index in [4.69, 9.17) is 15.6 Å². The molecule has 1 aliphatic heterocycles. The van der Waals surface area contributed by atoms with Crippen LogP contribution in [-0.4, -0.2) is 37.0 Å². The van der Waals surface area contributed by atoms with Crippen LogP contribution in [0, 0.1) is 5.82 Å². The molecule has 1 saturated heterocycles. The van der Waals surface area contributed by atoms with E-state index in [9.17, 15) is 4.39 Å². The van der Waals surface area contributed by atoms with Crippen molar-refractivity contribution in [2.75, 3.05) is 30.4 Å². The highest BCUT2D eigenvalue weighted by Gasteiger charge is 2.27. The molecule has 0 aromatic heterocycles. The van der Waals surface area contributed by atoms with Gasteiger partial charge >= 0.3 is 0 Å². The van der Waals surface area contributed by atoms with Crippen LogP contribution in [0.1, 0.15) is 6.92 Å². The van der Waals surface area contributed by atoms with Gasteiger partial charge in [0.1, 0.15) is 5.82 Å². The summed E-state index contributed by atoms with van der Waals surface area (Å²) in [5.41, 5.74) is 6.44. The van der Waals surface area contributed by atoms with Crippen LogP contribution >= 0.6 is 0 Å². The van der Waals surface area contributed by atoms with Gasteiger partial charge < -0.3 is 20.5 Å². The summed E-state index contributed by atoms with van der Waals surface area (Å²) >= 11 is 0. The fourth-order valence-corrected chi connectivity index (χ4v) is 2.02. The summed E-state index contributed by atoms with van der Waals surface area (Å²) < 4.78 is 19.2. The minimum Gasteiger partial charge on any atom is -0.399 e. The monoisotopic (exact) mass is 240 g/mol. The zero-order valence-electron chi connectivity index (χ0n) is 9.77. The maximum absolute atomic E-state index is 13.8. The van der Waals surface area contributed by atoms with E-state index in [2.05, 4.69) is 0 Å². The molecule has 2 unspecified atom stereocenters. The predicted molar refractivity (Wildman–Crippen MR) is 64.4 cm³/mol. The molecule has 0 spiro atoms. The lowest BCUT2D eigenvalue weighted by atomic mass is 10.1. The van der Waals surface area contributed by atoms with Gasteiger partial charge in [-0.05, 0) is 25.1 Å². The molecule has 0 radical (unpaired) electrons. The quantitative estimate of drug-likeness (QED) is 0.757. The Kier molecular flexibility index (Phi) is 3.49. The summed E-state index contributed by atoms with van der Waals surface area (Å²) in [4.78, 5) is 1.90. The number of aliphatic hydroxyl groups is 1. The van der Waals surface area contributed by atoms with Crippen molar-refractivity contribution in [1.82, 2.24) is 0 Å². The molecule has 2 rings (SSSR count). The number of hydrogen-bond donors (Lipinski definition) is 2. The molecule has 1 aromatic rings. The highest BCUT2D eigenvalue weighted by atomic mass is 19.1. The molecule has 1 aliphatic rings. The predicted octanol–water partition coefficient (Wildman–Crippen LogP) is 0.994. The molecule has 0 bridgehead atoms. The second kappa shape index (κ2) is 4.89. The first-order valence-electron chi connectivity index (χ1n) is 5.66. The van der Waals surface area contributed by atoms with Crippen molar-refractivity contribution >= 4 is 11.4 Å². The maximum Gasteiger partial charge on any atom is 0.148 e. The molecule has 5 heteroatoms. The van der Waals surface area contributed by atoms with Gasteiger partial charge in [0.25, 0.3) is 0 Å². The Morgan fingerprint density at radius 2 is 2.35 bits per heavy atom. The highest BCUT2D eigenvalue weighted by Crippen LogP contribution is 2.26. The van der Waals surface area contributed by atoms with Crippen LogP contribution in [0.25, 0.3) is 0 Å². The van der Waals surface area contributed by atoms with Crippen molar-refractivity contribution in [3.05, 3.63) is 24.0 Å². The van der Waals surface area contributed by atoms with E-state index in [0.717, 1.165) is 0 Å². The van der Waals surface area contributed by atoms with Gasteiger partial charge in [0.15, 0.2) is 0 Å². The summed E-state index contributed by atoms with van der Waals surface area (Å²) in [6.45, 7) is 2.87. The first kappa shape index (κ1) is 12.1. The number of morpholine rings is 1. The third kappa shape index (κ3) is 2.50. The molecule has 2 atom stereocenters. The highest BCUT2D eigenvalue weighted by molar-refractivity contribution is 5.55. The number of ether oxygens (including phenoxy) is 1. The van der Waals surface area contributed by atoms with Crippen LogP contribution in [-0.2, 0) is 4.74 Å². The summed E-state index contributed by atoms with van der Waals surface area (Å²) in [6.07, 6.45) is -0.261. The van der Waals surface area contributed by atoms with E-state index in [1.165, 1.54) is 6.07 Å². The number of anilines is 2. The van der Waals surface area contributed by atoms with Gasteiger partial charge in [-0.2, -0.15) is 0 Å². The lowest BCUT2D eigenvalue weighted by Gasteiger charge is -2.39. The number of benzene rings is 1. The van der Waals surface area contributed by atoms with Crippen LogP contribution < -0.4 is 10.6 Å². The van der Waals surface area contributed by atoms with Gasteiger partial charge in [0.2, 0.25) is 0 Å². The lowest BCUT2D eigenvalue weighted by molar-refractivity contribution is -0.0105. The van der Waals surface area contributed by atoms with E-state index in [1.807, 2.05) is 11.8 Å². The fourth-order valence-electron chi connectivity index (χ4n) is 2.02. The van der Waals surface area contributed by atoms with Crippen molar-refractivity contribution in [2.24, 2.45) is 0 Å². The number of nitrogens with two attached hydrogens (primary N) is 1. The Balaban J connectivity index is 2.24. The van der Waals surface area contributed by atoms with Crippen molar-refractivity contribution in [1.29, 1.82) is 0 Å². The van der Waals surface area contributed by atoms with Crippen molar-refractivity contribution in [3.8, 4) is 0 Å². The third-order valence-corrected chi connectivity index (χ3v) is 2.99. The minimum atomic E-state index is -0.338. The summed E-state index contributed by atoms with van der Waals surface area (Å²) in [5, 5.41) is 9.09. The fraction of sp³-hybridized carbons (Fsp3) is 0.500. The van der Waals surface area contributed by atoms with Gasteiger partial charge in [-0.3, -0.25) is 0 Å². The Labute approximate surface area is 99.8 Å². The number of rotatable bonds is 2. The summed E-state index contributed by atoms with van der Waals surface area (Å²) in [7, 11) is 0.